The van der Waals surface area contributed by atoms with Crippen LogP contribution in [0.2, 0.25) is 5.02 Å². The molecule has 0 saturated carbocycles. The van der Waals surface area contributed by atoms with Gasteiger partial charge >= 0.3 is 0 Å². The molecular formula is C16H12ClN3O3S. The highest BCUT2D eigenvalue weighted by Gasteiger charge is 2.12. The summed E-state index contributed by atoms with van der Waals surface area (Å²) in [6.45, 7) is 0. The Balaban J connectivity index is 1.64. The van der Waals surface area contributed by atoms with Gasteiger partial charge in [-0.25, -0.2) is 4.98 Å². The van der Waals surface area contributed by atoms with E-state index in [1.54, 1.807) is 18.2 Å². The summed E-state index contributed by atoms with van der Waals surface area (Å²) in [6, 6.07) is 11.8. The van der Waals surface area contributed by atoms with Crippen molar-refractivity contribution in [1.82, 2.24) is 4.98 Å². The predicted octanol–water partition coefficient (Wildman–Crippen LogP) is 4.43. The zero-order valence-corrected chi connectivity index (χ0v) is 13.9. The summed E-state index contributed by atoms with van der Waals surface area (Å²) in [5, 5.41) is 14.6. The molecule has 3 rings (SSSR count). The molecule has 24 heavy (non-hydrogen) atoms. The van der Waals surface area contributed by atoms with Crippen molar-refractivity contribution >= 4 is 49.9 Å². The highest BCUT2D eigenvalue weighted by atomic mass is 35.5. The summed E-state index contributed by atoms with van der Waals surface area (Å²) in [5.74, 6) is -0.154. The number of nitrogens with zero attached hydrogens (tertiary/aromatic N) is 2. The lowest BCUT2D eigenvalue weighted by Gasteiger charge is -2.02. The topological polar surface area (TPSA) is 85.1 Å². The maximum Gasteiger partial charge on any atom is 0.270 e. The summed E-state index contributed by atoms with van der Waals surface area (Å²) in [4.78, 5) is 26.6. The van der Waals surface area contributed by atoms with Gasteiger partial charge in [0.2, 0.25) is 5.91 Å². The lowest BCUT2D eigenvalue weighted by molar-refractivity contribution is -0.384. The van der Waals surface area contributed by atoms with Crippen molar-refractivity contribution in [2.75, 3.05) is 5.32 Å². The molecule has 1 heterocycles. The molecule has 0 aliphatic carbocycles. The van der Waals surface area contributed by atoms with E-state index in [1.807, 2.05) is 12.1 Å². The van der Waals surface area contributed by atoms with E-state index >= 15 is 0 Å². The first-order valence-corrected chi connectivity index (χ1v) is 8.30. The van der Waals surface area contributed by atoms with Crippen molar-refractivity contribution < 1.29 is 9.72 Å². The van der Waals surface area contributed by atoms with Gasteiger partial charge < -0.3 is 5.32 Å². The highest BCUT2D eigenvalue weighted by Crippen LogP contribution is 2.29. The number of benzene rings is 2. The minimum absolute atomic E-state index is 0.00626. The van der Waals surface area contributed by atoms with E-state index < -0.39 is 4.92 Å². The predicted molar refractivity (Wildman–Crippen MR) is 94.7 cm³/mol. The number of nitro groups is 1. The molecule has 1 amide bonds. The second kappa shape index (κ2) is 6.94. The quantitative estimate of drug-likeness (QED) is 0.538. The molecule has 0 unspecified atom stereocenters. The van der Waals surface area contributed by atoms with E-state index in [-0.39, 0.29) is 11.6 Å². The number of aryl methyl sites for hydroxylation is 1. The molecule has 1 N–H and O–H groups in total. The van der Waals surface area contributed by atoms with Gasteiger partial charge in [-0.05, 0) is 30.2 Å². The van der Waals surface area contributed by atoms with Gasteiger partial charge in [-0.3, -0.25) is 14.9 Å². The zero-order valence-electron chi connectivity index (χ0n) is 12.4. The molecular weight excluding hydrogens is 350 g/mol. The van der Waals surface area contributed by atoms with Gasteiger partial charge in [0.15, 0.2) is 5.13 Å². The number of thiazole rings is 1. The largest absolute Gasteiger partial charge is 0.302 e. The number of rotatable bonds is 5. The van der Waals surface area contributed by atoms with Crippen LogP contribution < -0.4 is 5.32 Å². The Kier molecular flexibility index (Phi) is 4.73. The molecule has 122 valence electrons. The Morgan fingerprint density at radius 2 is 2.00 bits per heavy atom. The molecule has 0 bridgehead atoms. The van der Waals surface area contributed by atoms with Crippen LogP contribution in [0, 0.1) is 10.1 Å². The second-order valence-corrected chi connectivity index (χ2v) is 6.57. The third-order valence-corrected chi connectivity index (χ3v) is 4.57. The zero-order chi connectivity index (χ0) is 17.1. The summed E-state index contributed by atoms with van der Waals surface area (Å²) in [5.41, 5.74) is 1.65. The minimum atomic E-state index is -0.455. The third-order valence-electron chi connectivity index (χ3n) is 3.38. The van der Waals surface area contributed by atoms with E-state index in [9.17, 15) is 14.9 Å². The van der Waals surface area contributed by atoms with Crippen molar-refractivity contribution in [3.8, 4) is 0 Å². The molecule has 0 fully saturated rings. The highest BCUT2D eigenvalue weighted by molar-refractivity contribution is 7.22. The van der Waals surface area contributed by atoms with Gasteiger partial charge in [0.25, 0.3) is 5.69 Å². The molecule has 0 aliphatic rings. The minimum Gasteiger partial charge on any atom is -0.302 e. The summed E-state index contributed by atoms with van der Waals surface area (Å²) in [7, 11) is 0. The van der Waals surface area contributed by atoms with E-state index in [2.05, 4.69) is 10.3 Å². The summed E-state index contributed by atoms with van der Waals surface area (Å²) in [6.07, 6.45) is 0.914. The van der Waals surface area contributed by atoms with Crippen LogP contribution in [0.4, 0.5) is 10.8 Å². The first-order valence-electron chi connectivity index (χ1n) is 7.10. The number of carbonyl (C=O) groups excluding carboxylic acids is 1. The molecule has 0 aliphatic heterocycles. The number of nitro benzene ring substituents is 1. The molecule has 0 saturated heterocycles. The van der Waals surface area contributed by atoms with Crippen LogP contribution in [0.3, 0.4) is 0 Å². The lowest BCUT2D eigenvalue weighted by atomic mass is 10.1. The monoisotopic (exact) mass is 361 g/mol. The number of non-ortho nitro benzene ring substituents is 1. The Morgan fingerprint density at radius 3 is 2.71 bits per heavy atom. The number of hydrogen-bond acceptors (Lipinski definition) is 5. The number of fused-ring (bicyclic) bond motifs is 1. The lowest BCUT2D eigenvalue weighted by Crippen LogP contribution is -2.11. The van der Waals surface area contributed by atoms with Gasteiger partial charge in [-0.1, -0.05) is 35.1 Å². The number of anilines is 1. The van der Waals surface area contributed by atoms with E-state index in [0.29, 0.717) is 33.2 Å². The Hall–Kier alpha value is -2.51. The van der Waals surface area contributed by atoms with Crippen LogP contribution in [0.25, 0.3) is 10.2 Å². The van der Waals surface area contributed by atoms with Crippen molar-refractivity contribution in [3.63, 3.8) is 0 Å². The number of carbonyl (C=O) groups is 1. The van der Waals surface area contributed by atoms with Crippen LogP contribution in [-0.4, -0.2) is 15.8 Å². The molecule has 6 nitrogen and oxygen atoms in total. The molecule has 0 atom stereocenters. The second-order valence-electron chi connectivity index (χ2n) is 5.10. The van der Waals surface area contributed by atoms with Crippen LogP contribution in [-0.2, 0) is 11.2 Å². The average Bonchev–Trinajstić information content (AvgIpc) is 2.95. The Labute approximate surface area is 146 Å². The average molecular weight is 362 g/mol. The molecule has 0 spiro atoms. The van der Waals surface area contributed by atoms with Gasteiger partial charge in [-0.15, -0.1) is 0 Å². The molecule has 1 aromatic heterocycles. The molecule has 8 heteroatoms. The van der Waals surface area contributed by atoms with Gasteiger partial charge in [0.1, 0.15) is 0 Å². The van der Waals surface area contributed by atoms with E-state index in [4.69, 9.17) is 11.6 Å². The Morgan fingerprint density at radius 1 is 1.25 bits per heavy atom. The van der Waals surface area contributed by atoms with Crippen LogP contribution in [0.15, 0.2) is 42.5 Å². The number of amides is 1. The standard InChI is InChI=1S/C16H12ClN3O3S/c17-11-4-1-10(2-5-11)3-8-15(21)19-16-18-13-7-6-12(20(22)23)9-14(13)24-16/h1-2,4-7,9H,3,8H2,(H,18,19,21). The normalized spacial score (nSPS) is 10.7. The SMILES string of the molecule is O=C(CCc1ccc(Cl)cc1)Nc1nc2ccc([N+](=O)[O-])cc2s1. The third kappa shape index (κ3) is 3.87. The smallest absolute Gasteiger partial charge is 0.270 e. The maximum atomic E-state index is 12.0. The van der Waals surface area contributed by atoms with Crippen molar-refractivity contribution in [2.24, 2.45) is 0 Å². The first-order chi connectivity index (χ1) is 11.5. The number of hydrogen-bond donors (Lipinski definition) is 1. The van der Waals surface area contributed by atoms with Crippen LogP contribution in [0.5, 0.6) is 0 Å². The fourth-order valence-corrected chi connectivity index (χ4v) is 3.21. The van der Waals surface area contributed by atoms with Gasteiger partial charge in [0.05, 0.1) is 15.1 Å². The van der Waals surface area contributed by atoms with Crippen molar-refractivity contribution in [2.45, 2.75) is 12.8 Å². The fraction of sp³-hybridized carbons (Fsp3) is 0.125. The van der Waals surface area contributed by atoms with Crippen LogP contribution in [0.1, 0.15) is 12.0 Å². The fourth-order valence-electron chi connectivity index (χ4n) is 2.17. The number of aromatic nitrogens is 1. The number of halogens is 1. The molecule has 2 aromatic carbocycles. The van der Waals surface area contributed by atoms with E-state index in [1.165, 1.54) is 23.5 Å². The van der Waals surface area contributed by atoms with Crippen molar-refractivity contribution in [3.05, 3.63) is 63.2 Å². The van der Waals surface area contributed by atoms with E-state index in [0.717, 1.165) is 5.56 Å². The summed E-state index contributed by atoms with van der Waals surface area (Å²) < 4.78 is 0.664. The Bertz CT molecular complexity index is 909. The molecule has 0 radical (unpaired) electrons. The summed E-state index contributed by atoms with van der Waals surface area (Å²) >= 11 is 7.04. The van der Waals surface area contributed by atoms with Crippen molar-refractivity contribution in [1.29, 1.82) is 0 Å². The van der Waals surface area contributed by atoms with Gasteiger partial charge in [0, 0.05) is 23.6 Å². The first kappa shape index (κ1) is 16.4. The van der Waals surface area contributed by atoms with Crippen LogP contribution >= 0.6 is 22.9 Å². The van der Waals surface area contributed by atoms with Gasteiger partial charge in [-0.2, -0.15) is 0 Å². The number of nitrogens with one attached hydrogen (secondary N) is 1. The maximum absolute atomic E-state index is 12.0. The molecule has 3 aromatic rings.